The van der Waals surface area contributed by atoms with E-state index in [1.54, 1.807) is 0 Å². The molecule has 1 saturated heterocycles. The first-order valence-electron chi connectivity index (χ1n) is 7.96. The third-order valence-corrected chi connectivity index (χ3v) is 4.44. The number of hydrogen-bond acceptors (Lipinski definition) is 3. The van der Waals surface area contributed by atoms with Gasteiger partial charge in [0.15, 0.2) is 0 Å². The normalized spacial score (nSPS) is 25.4. The molecule has 2 aliphatic rings. The third-order valence-electron chi connectivity index (χ3n) is 4.44. The largest absolute Gasteiger partial charge is 0.494 e. The lowest BCUT2D eigenvalue weighted by atomic mass is 9.88. The Bertz CT molecular complexity index is 441. The van der Waals surface area contributed by atoms with Crippen LogP contribution in [0.5, 0.6) is 5.75 Å². The van der Waals surface area contributed by atoms with Crippen LogP contribution in [-0.2, 0) is 11.2 Å². The number of nitrogens with two attached hydrogens (primary N) is 1. The first kappa shape index (κ1) is 13.9. The van der Waals surface area contributed by atoms with Crippen LogP contribution < -0.4 is 10.5 Å². The quantitative estimate of drug-likeness (QED) is 0.838. The van der Waals surface area contributed by atoms with Crippen LogP contribution in [0.1, 0.15) is 55.7 Å². The smallest absolute Gasteiger partial charge is 0.119 e. The van der Waals surface area contributed by atoms with E-state index in [1.807, 2.05) is 0 Å². The van der Waals surface area contributed by atoms with Gasteiger partial charge in [-0.25, -0.2) is 0 Å². The molecule has 0 radical (unpaired) electrons. The lowest BCUT2D eigenvalue weighted by molar-refractivity contribution is 0.0981. The number of hydrogen-bond donors (Lipinski definition) is 1. The molecule has 1 aliphatic heterocycles. The van der Waals surface area contributed by atoms with Gasteiger partial charge in [-0.15, -0.1) is 0 Å². The summed E-state index contributed by atoms with van der Waals surface area (Å²) in [5, 5.41) is 0. The molecular formula is C17H25NO2. The standard InChI is InChI=1S/C17H25NO2/c18-17-7-1-4-13-12-15(8-9-16(13)17)20-11-3-6-14-5-2-10-19-14/h8-9,12,14,17H,1-7,10-11,18H2. The average molecular weight is 275 g/mol. The van der Waals surface area contributed by atoms with E-state index >= 15 is 0 Å². The highest BCUT2D eigenvalue weighted by atomic mass is 16.5. The van der Waals surface area contributed by atoms with Crippen molar-refractivity contribution in [3.63, 3.8) is 0 Å². The summed E-state index contributed by atoms with van der Waals surface area (Å²) in [4.78, 5) is 0. The first-order valence-corrected chi connectivity index (χ1v) is 7.96. The van der Waals surface area contributed by atoms with E-state index in [2.05, 4.69) is 18.2 Å². The van der Waals surface area contributed by atoms with Crippen molar-refractivity contribution in [1.29, 1.82) is 0 Å². The minimum absolute atomic E-state index is 0.215. The Morgan fingerprint density at radius 3 is 3.05 bits per heavy atom. The molecule has 2 atom stereocenters. The molecule has 2 N–H and O–H groups in total. The van der Waals surface area contributed by atoms with Crippen molar-refractivity contribution >= 4 is 0 Å². The number of rotatable bonds is 5. The molecule has 1 aliphatic carbocycles. The number of benzene rings is 1. The number of aryl methyl sites for hydroxylation is 1. The molecule has 110 valence electrons. The van der Waals surface area contributed by atoms with Crippen LogP contribution in [0, 0.1) is 0 Å². The molecule has 1 heterocycles. The van der Waals surface area contributed by atoms with Crippen LogP contribution in [0.4, 0.5) is 0 Å². The lowest BCUT2D eigenvalue weighted by Crippen LogP contribution is -2.17. The average Bonchev–Trinajstić information content (AvgIpc) is 2.97. The van der Waals surface area contributed by atoms with Gasteiger partial charge in [0.1, 0.15) is 5.75 Å². The summed E-state index contributed by atoms with van der Waals surface area (Å²) in [5.74, 6) is 0.991. The van der Waals surface area contributed by atoms with Crippen LogP contribution in [-0.4, -0.2) is 19.3 Å². The summed E-state index contributed by atoms with van der Waals surface area (Å²) >= 11 is 0. The minimum Gasteiger partial charge on any atom is -0.494 e. The second-order valence-corrected chi connectivity index (χ2v) is 5.99. The van der Waals surface area contributed by atoms with Gasteiger partial charge in [-0.3, -0.25) is 0 Å². The molecule has 2 unspecified atom stereocenters. The minimum atomic E-state index is 0.215. The van der Waals surface area contributed by atoms with E-state index in [1.165, 1.54) is 30.4 Å². The van der Waals surface area contributed by atoms with E-state index < -0.39 is 0 Å². The second kappa shape index (κ2) is 6.59. The zero-order valence-electron chi connectivity index (χ0n) is 12.1. The Balaban J connectivity index is 1.48. The fourth-order valence-electron chi connectivity index (χ4n) is 3.29. The summed E-state index contributed by atoms with van der Waals surface area (Å²) < 4.78 is 11.5. The highest BCUT2D eigenvalue weighted by molar-refractivity contribution is 5.38. The van der Waals surface area contributed by atoms with E-state index in [9.17, 15) is 0 Å². The topological polar surface area (TPSA) is 44.5 Å². The maximum Gasteiger partial charge on any atom is 0.119 e. The molecule has 0 bridgehead atoms. The first-order chi connectivity index (χ1) is 9.83. The van der Waals surface area contributed by atoms with Crippen LogP contribution in [0.25, 0.3) is 0 Å². The lowest BCUT2D eigenvalue weighted by Gasteiger charge is -2.22. The molecule has 1 aromatic carbocycles. The number of ether oxygens (including phenoxy) is 2. The van der Waals surface area contributed by atoms with Crippen molar-refractivity contribution in [2.75, 3.05) is 13.2 Å². The fourth-order valence-corrected chi connectivity index (χ4v) is 3.29. The Labute approximate surface area is 121 Å². The van der Waals surface area contributed by atoms with Gasteiger partial charge in [-0.1, -0.05) is 6.07 Å². The molecule has 3 heteroatoms. The highest BCUT2D eigenvalue weighted by Crippen LogP contribution is 2.30. The van der Waals surface area contributed by atoms with E-state index in [-0.39, 0.29) is 6.04 Å². The molecule has 0 saturated carbocycles. The van der Waals surface area contributed by atoms with Gasteiger partial charge in [0.25, 0.3) is 0 Å². The predicted octanol–water partition coefficient (Wildman–Crippen LogP) is 3.36. The van der Waals surface area contributed by atoms with Crippen molar-refractivity contribution in [3.05, 3.63) is 29.3 Å². The maximum atomic E-state index is 6.13. The van der Waals surface area contributed by atoms with Crippen LogP contribution in [0.15, 0.2) is 18.2 Å². The molecule has 3 rings (SSSR count). The molecule has 0 spiro atoms. The Morgan fingerprint density at radius 2 is 2.20 bits per heavy atom. The molecular weight excluding hydrogens is 250 g/mol. The van der Waals surface area contributed by atoms with E-state index in [4.69, 9.17) is 15.2 Å². The van der Waals surface area contributed by atoms with Crippen molar-refractivity contribution in [2.24, 2.45) is 5.73 Å². The van der Waals surface area contributed by atoms with E-state index in [0.29, 0.717) is 6.10 Å². The summed E-state index contributed by atoms with van der Waals surface area (Å²) in [5.41, 5.74) is 8.82. The summed E-state index contributed by atoms with van der Waals surface area (Å²) in [6.45, 7) is 1.72. The van der Waals surface area contributed by atoms with Gasteiger partial charge in [-0.2, -0.15) is 0 Å². The predicted molar refractivity (Wildman–Crippen MR) is 80.0 cm³/mol. The summed E-state index contributed by atoms with van der Waals surface area (Å²) in [6, 6.07) is 6.61. The van der Waals surface area contributed by atoms with Gasteiger partial charge in [0.2, 0.25) is 0 Å². The highest BCUT2D eigenvalue weighted by Gasteiger charge is 2.17. The molecule has 0 aromatic heterocycles. The summed E-state index contributed by atoms with van der Waals surface area (Å²) in [7, 11) is 0. The van der Waals surface area contributed by atoms with Crippen LogP contribution in [0.2, 0.25) is 0 Å². The van der Waals surface area contributed by atoms with Crippen molar-refractivity contribution < 1.29 is 9.47 Å². The number of fused-ring (bicyclic) bond motifs is 1. The van der Waals surface area contributed by atoms with Gasteiger partial charge >= 0.3 is 0 Å². The van der Waals surface area contributed by atoms with Gasteiger partial charge in [-0.05, 0) is 68.2 Å². The third kappa shape index (κ3) is 3.33. The SMILES string of the molecule is NC1CCCc2cc(OCCCC3CCCO3)ccc21. The second-order valence-electron chi connectivity index (χ2n) is 5.99. The molecule has 1 fully saturated rings. The Hall–Kier alpha value is -1.06. The van der Waals surface area contributed by atoms with Crippen LogP contribution >= 0.6 is 0 Å². The van der Waals surface area contributed by atoms with Gasteiger partial charge in [0, 0.05) is 12.6 Å². The monoisotopic (exact) mass is 275 g/mol. The van der Waals surface area contributed by atoms with E-state index in [0.717, 1.165) is 44.6 Å². The zero-order valence-corrected chi connectivity index (χ0v) is 12.1. The van der Waals surface area contributed by atoms with Crippen LogP contribution in [0.3, 0.4) is 0 Å². The van der Waals surface area contributed by atoms with Gasteiger partial charge in [0.05, 0.1) is 12.7 Å². The zero-order chi connectivity index (χ0) is 13.8. The summed E-state index contributed by atoms with van der Waals surface area (Å²) in [6.07, 6.45) is 8.53. The molecule has 1 aromatic rings. The Morgan fingerprint density at radius 1 is 1.25 bits per heavy atom. The van der Waals surface area contributed by atoms with Crippen molar-refractivity contribution in [3.8, 4) is 5.75 Å². The molecule has 0 amide bonds. The fraction of sp³-hybridized carbons (Fsp3) is 0.647. The molecule has 3 nitrogen and oxygen atoms in total. The van der Waals surface area contributed by atoms with Gasteiger partial charge < -0.3 is 15.2 Å². The van der Waals surface area contributed by atoms with Crippen molar-refractivity contribution in [2.45, 2.75) is 57.1 Å². The molecule has 20 heavy (non-hydrogen) atoms. The maximum absolute atomic E-state index is 6.13. The Kier molecular flexibility index (Phi) is 4.58. The van der Waals surface area contributed by atoms with Crippen molar-refractivity contribution in [1.82, 2.24) is 0 Å².